The van der Waals surface area contributed by atoms with Gasteiger partial charge in [-0.15, -0.1) is 15.8 Å². The van der Waals surface area contributed by atoms with Crippen LogP contribution in [0.2, 0.25) is 0 Å². The quantitative estimate of drug-likeness (QED) is 0.127. The van der Waals surface area contributed by atoms with Crippen LogP contribution in [0, 0.1) is 19.7 Å². The SMILES string of the molecule is CP(C)CCP(C)C.F[P-](F)(F)(F)(F)F.[C-]#[O+].[C-]#[O+].[CH]1C=CC=C1.[Mo]. The van der Waals surface area contributed by atoms with Crippen molar-refractivity contribution in [3.05, 3.63) is 44.0 Å². The van der Waals surface area contributed by atoms with Crippen LogP contribution in [0.5, 0.6) is 0 Å². The number of hydrogen-bond acceptors (Lipinski definition) is 0. The summed E-state index contributed by atoms with van der Waals surface area (Å²) in [5.41, 5.74) is 0. The molecule has 0 unspecified atom stereocenters. The van der Waals surface area contributed by atoms with E-state index in [1.165, 1.54) is 12.3 Å². The van der Waals surface area contributed by atoms with E-state index in [1.54, 1.807) is 0 Å². The third kappa shape index (κ3) is 112. The van der Waals surface area contributed by atoms with E-state index < -0.39 is 7.81 Å². The zero-order chi connectivity index (χ0) is 20.5. The van der Waals surface area contributed by atoms with Crippen LogP contribution in [-0.2, 0) is 30.4 Å². The van der Waals surface area contributed by atoms with E-state index >= 15 is 0 Å². The smallest absolute Gasteiger partial charge is 0.00506 e. The van der Waals surface area contributed by atoms with Crippen molar-refractivity contribution < 1.29 is 55.6 Å². The summed E-state index contributed by atoms with van der Waals surface area (Å²) in [5.74, 6) is 0. The Hall–Kier alpha value is 0.518. The molecular weight excluding hydrogens is 491 g/mol. The van der Waals surface area contributed by atoms with E-state index in [1.807, 2.05) is 30.7 Å². The van der Waals surface area contributed by atoms with Gasteiger partial charge in [-0.05, 0) is 39.0 Å². The Balaban J connectivity index is -0.0000000721. The van der Waals surface area contributed by atoms with Gasteiger partial charge in [0, 0.05) is 27.5 Å². The van der Waals surface area contributed by atoms with E-state index in [9.17, 15) is 25.2 Å². The Morgan fingerprint density at radius 1 is 0.680 bits per heavy atom. The summed E-state index contributed by atoms with van der Waals surface area (Å²) in [6.45, 7) is 18.4. The van der Waals surface area contributed by atoms with Gasteiger partial charge in [-0.2, -0.15) is 0 Å². The molecule has 149 valence electrons. The van der Waals surface area contributed by atoms with E-state index in [0.717, 1.165) is 0 Å². The Morgan fingerprint density at radius 3 is 0.960 bits per heavy atom. The Kier molecular flexibility index (Phi) is 24.3. The van der Waals surface area contributed by atoms with Crippen LogP contribution in [0.3, 0.4) is 0 Å². The summed E-state index contributed by atoms with van der Waals surface area (Å²) in [5, 5.41) is 0. The van der Waals surface area contributed by atoms with Gasteiger partial charge in [-0.25, -0.2) is 0 Å². The second kappa shape index (κ2) is 16.7. The molecule has 1 rings (SSSR count). The van der Waals surface area contributed by atoms with Crippen molar-refractivity contribution in [2.24, 2.45) is 0 Å². The molecule has 25 heavy (non-hydrogen) atoms. The van der Waals surface area contributed by atoms with E-state index in [4.69, 9.17) is 9.30 Å². The molecule has 0 fully saturated rings. The normalized spacial score (nSPS) is 13.8. The zero-order valence-corrected chi connectivity index (χ0v) is 18.8. The topological polar surface area (TPSA) is 39.8 Å². The van der Waals surface area contributed by atoms with Gasteiger partial charge < -0.3 is 0 Å². The van der Waals surface area contributed by atoms with Crippen LogP contribution in [0.4, 0.5) is 25.2 Å². The van der Waals surface area contributed by atoms with Crippen LogP contribution < -0.4 is 0 Å². The predicted octanol–water partition coefficient (Wildman–Crippen LogP) is 7.09. The Labute approximate surface area is 162 Å². The Bertz CT molecular complexity index is 367. The largest absolute Gasteiger partial charge is 0.0767 e. The first-order valence-electron chi connectivity index (χ1n) is 6.01. The Morgan fingerprint density at radius 2 is 0.880 bits per heavy atom. The van der Waals surface area contributed by atoms with Crippen LogP contribution in [0.15, 0.2) is 24.3 Å². The van der Waals surface area contributed by atoms with Gasteiger partial charge in [0.25, 0.3) is 0 Å². The first-order valence-corrected chi connectivity index (χ1v) is 12.9. The van der Waals surface area contributed by atoms with E-state index in [2.05, 4.69) is 40.0 Å². The molecule has 2 nitrogen and oxygen atoms in total. The summed E-state index contributed by atoms with van der Waals surface area (Å²) in [6, 6.07) is 0. The summed E-state index contributed by atoms with van der Waals surface area (Å²) in [4.78, 5) is 0. The molecule has 0 spiro atoms. The van der Waals surface area contributed by atoms with Crippen molar-refractivity contribution >= 4 is 23.7 Å². The van der Waals surface area contributed by atoms with Crippen LogP contribution in [0.1, 0.15) is 0 Å². The second-order valence-corrected chi connectivity index (χ2v) is 11.7. The molecule has 0 atom stereocenters. The second-order valence-electron chi connectivity index (χ2n) is 4.53. The molecule has 0 aromatic heterocycles. The fourth-order valence-electron chi connectivity index (χ4n) is 0.721. The summed E-state index contributed by atoms with van der Waals surface area (Å²) in [7, 11) is -9.89. The molecule has 0 saturated heterocycles. The van der Waals surface area contributed by atoms with Gasteiger partial charge in [0.1, 0.15) is 0 Å². The molecule has 0 aromatic carbocycles. The van der Waals surface area contributed by atoms with Crippen molar-refractivity contribution in [3.8, 4) is 0 Å². The van der Waals surface area contributed by atoms with Gasteiger partial charge in [0.15, 0.2) is 0 Å². The molecule has 1 aliphatic rings. The van der Waals surface area contributed by atoms with Crippen molar-refractivity contribution in [1.82, 2.24) is 0 Å². The third-order valence-electron chi connectivity index (χ3n) is 1.55. The average molecular weight is 512 g/mol. The van der Waals surface area contributed by atoms with Gasteiger partial charge in [0.2, 0.25) is 0 Å². The van der Waals surface area contributed by atoms with Gasteiger partial charge in [-0.1, -0.05) is 24.3 Å². The van der Waals surface area contributed by atoms with Crippen LogP contribution in [-0.4, -0.2) is 39.0 Å². The minimum absolute atomic E-state index is 0. The number of hydrogen-bond donors (Lipinski definition) is 0. The summed E-state index contributed by atoms with van der Waals surface area (Å²) < 4.78 is 74.2. The molecule has 0 N–H and O–H groups in total. The molecule has 0 amide bonds. The van der Waals surface area contributed by atoms with Crippen LogP contribution in [0.25, 0.3) is 0 Å². The summed E-state index contributed by atoms with van der Waals surface area (Å²) >= 11 is 0. The monoisotopic (exact) mass is 514 g/mol. The fourth-order valence-corrected chi connectivity index (χ4v) is 3.92. The minimum atomic E-state index is -10.7. The minimum Gasteiger partial charge on any atom is -0.0767 e. The number of rotatable bonds is 3. The van der Waals surface area contributed by atoms with Crippen molar-refractivity contribution in [1.29, 1.82) is 0 Å². The molecular formula is C13H21F6MoO2P3-. The van der Waals surface area contributed by atoms with Crippen molar-refractivity contribution in [3.63, 3.8) is 0 Å². The van der Waals surface area contributed by atoms with Gasteiger partial charge >= 0.3 is 55.6 Å². The summed E-state index contributed by atoms with van der Waals surface area (Å²) in [6.07, 6.45) is 13.0. The average Bonchev–Trinajstić information content (AvgIpc) is 2.96. The molecule has 0 aromatic rings. The molecule has 0 bridgehead atoms. The molecule has 1 aliphatic carbocycles. The predicted molar refractivity (Wildman–Crippen MR) is 91.3 cm³/mol. The molecule has 0 saturated carbocycles. The van der Waals surface area contributed by atoms with Crippen molar-refractivity contribution in [2.45, 2.75) is 0 Å². The van der Waals surface area contributed by atoms with E-state index in [0.29, 0.717) is 15.8 Å². The maximum Gasteiger partial charge on any atom is 0.00506 e. The molecule has 0 aliphatic heterocycles. The van der Waals surface area contributed by atoms with E-state index in [-0.39, 0.29) is 21.1 Å². The molecule has 0 heterocycles. The van der Waals surface area contributed by atoms with Crippen LogP contribution >= 0.6 is 23.7 Å². The third-order valence-corrected chi connectivity index (χ3v) is 4.14. The standard InChI is InChI=1S/C6H16P2.C5H5.2CO.F6P.Mo/c1-7(2)5-6-8(3)4;1-2-4-5-3-1;2*1-2;1-7(2,3,4,5)6;/h5-6H2,1-4H3;1-5H;;;;/q;;;;-1;. The zero-order valence-electron chi connectivity index (χ0n) is 14.1. The molecule has 1 radical (unpaired) electrons. The first-order chi connectivity index (χ1) is 10.6. The maximum absolute atomic E-state index is 10.7. The van der Waals surface area contributed by atoms with Gasteiger partial charge in [-0.3, -0.25) is 0 Å². The van der Waals surface area contributed by atoms with Crippen molar-refractivity contribution in [2.75, 3.05) is 39.0 Å². The van der Waals surface area contributed by atoms with Gasteiger partial charge in [0.05, 0.1) is 0 Å². The number of allylic oxidation sites excluding steroid dienone is 4. The first kappa shape index (κ1) is 36.4. The maximum atomic E-state index is 9.87. The molecule has 12 heteroatoms. The number of halogens is 6. The fraction of sp³-hybridized carbons (Fsp3) is 0.462.